The van der Waals surface area contributed by atoms with Gasteiger partial charge in [0.05, 0.1) is 26.1 Å². The molecule has 0 aliphatic heterocycles. The molecule has 0 bridgehead atoms. The highest BCUT2D eigenvalue weighted by Crippen LogP contribution is 2.27. The summed E-state index contributed by atoms with van der Waals surface area (Å²) < 4.78 is 10.5. The summed E-state index contributed by atoms with van der Waals surface area (Å²) in [5.41, 5.74) is 3.35. The van der Waals surface area contributed by atoms with E-state index in [1.807, 2.05) is 54.6 Å². The number of methoxy groups -OCH3 is 2. The highest BCUT2D eigenvalue weighted by Gasteiger charge is 2.12. The Balaban J connectivity index is 1.67. The number of hydrogen-bond acceptors (Lipinski definition) is 5. The summed E-state index contributed by atoms with van der Waals surface area (Å²) in [4.78, 5) is 12.5. The Morgan fingerprint density at radius 1 is 1.17 bits per heavy atom. The van der Waals surface area contributed by atoms with Crippen LogP contribution in [0, 0.1) is 11.3 Å². The summed E-state index contributed by atoms with van der Waals surface area (Å²) in [7, 11) is 3.16. The zero-order valence-electron chi connectivity index (χ0n) is 16.8. The summed E-state index contributed by atoms with van der Waals surface area (Å²) in [6.45, 7) is 0.379. The minimum atomic E-state index is -0.432. The quantitative estimate of drug-likeness (QED) is 0.445. The van der Waals surface area contributed by atoms with Crippen LogP contribution in [-0.2, 0) is 11.2 Å². The average Bonchev–Trinajstić information content (AvgIpc) is 3.26. The van der Waals surface area contributed by atoms with E-state index < -0.39 is 5.91 Å². The molecule has 1 heterocycles. The van der Waals surface area contributed by atoms with Crippen molar-refractivity contribution in [1.82, 2.24) is 15.5 Å². The SMILES string of the molecule is COc1ccc(CCNC(=O)/C(C#N)=C/c2cn[nH]c2-c2ccccc2)cc1OC. The third-order valence-electron chi connectivity index (χ3n) is 4.54. The molecule has 1 amide bonds. The number of benzene rings is 2. The lowest BCUT2D eigenvalue weighted by atomic mass is 10.1. The molecule has 0 radical (unpaired) electrons. The van der Waals surface area contributed by atoms with Crippen LogP contribution in [0.1, 0.15) is 11.1 Å². The second-order valence-corrected chi connectivity index (χ2v) is 6.43. The van der Waals surface area contributed by atoms with Crippen molar-refractivity contribution in [2.75, 3.05) is 20.8 Å². The summed E-state index contributed by atoms with van der Waals surface area (Å²) in [5.74, 6) is 0.847. The van der Waals surface area contributed by atoms with E-state index in [9.17, 15) is 10.1 Å². The zero-order chi connectivity index (χ0) is 21.3. The molecule has 7 nitrogen and oxygen atoms in total. The summed E-state index contributed by atoms with van der Waals surface area (Å²) in [5, 5.41) is 19.2. The molecule has 7 heteroatoms. The summed E-state index contributed by atoms with van der Waals surface area (Å²) in [6.07, 6.45) is 3.72. The van der Waals surface area contributed by atoms with E-state index >= 15 is 0 Å². The van der Waals surface area contributed by atoms with Crippen molar-refractivity contribution in [1.29, 1.82) is 5.26 Å². The Morgan fingerprint density at radius 2 is 1.93 bits per heavy atom. The number of hydrogen-bond donors (Lipinski definition) is 2. The van der Waals surface area contributed by atoms with Crippen LogP contribution in [0.25, 0.3) is 17.3 Å². The number of ether oxygens (including phenoxy) is 2. The van der Waals surface area contributed by atoms with Crippen molar-refractivity contribution in [3.8, 4) is 28.8 Å². The Hall–Kier alpha value is -4.05. The zero-order valence-corrected chi connectivity index (χ0v) is 16.8. The number of nitrogens with zero attached hydrogens (tertiary/aromatic N) is 2. The van der Waals surface area contributed by atoms with E-state index in [1.54, 1.807) is 20.4 Å². The number of aromatic nitrogens is 2. The third-order valence-corrected chi connectivity index (χ3v) is 4.54. The van der Waals surface area contributed by atoms with E-state index in [-0.39, 0.29) is 5.57 Å². The average molecular weight is 402 g/mol. The van der Waals surface area contributed by atoms with Crippen LogP contribution < -0.4 is 14.8 Å². The first-order valence-corrected chi connectivity index (χ1v) is 9.36. The van der Waals surface area contributed by atoms with Gasteiger partial charge in [-0.05, 0) is 30.2 Å². The molecule has 0 aliphatic carbocycles. The van der Waals surface area contributed by atoms with E-state index in [1.165, 1.54) is 6.08 Å². The van der Waals surface area contributed by atoms with E-state index in [0.717, 1.165) is 16.8 Å². The van der Waals surface area contributed by atoms with Crippen molar-refractivity contribution < 1.29 is 14.3 Å². The Labute approximate surface area is 175 Å². The van der Waals surface area contributed by atoms with Crippen LogP contribution in [0.5, 0.6) is 11.5 Å². The molecule has 0 saturated heterocycles. The molecule has 3 aromatic rings. The van der Waals surface area contributed by atoms with Gasteiger partial charge in [-0.2, -0.15) is 10.4 Å². The summed E-state index contributed by atoms with van der Waals surface area (Å²) >= 11 is 0. The normalized spacial score (nSPS) is 10.9. The molecule has 0 saturated carbocycles. The van der Waals surface area contributed by atoms with Crippen molar-refractivity contribution in [2.24, 2.45) is 0 Å². The number of carbonyl (C=O) groups is 1. The molecule has 0 fully saturated rings. The van der Waals surface area contributed by atoms with Gasteiger partial charge in [0, 0.05) is 17.7 Å². The lowest BCUT2D eigenvalue weighted by molar-refractivity contribution is -0.117. The molecule has 152 valence electrons. The predicted molar refractivity (Wildman–Crippen MR) is 114 cm³/mol. The molecular formula is C23H22N4O3. The number of H-pyrrole nitrogens is 1. The smallest absolute Gasteiger partial charge is 0.261 e. The van der Waals surface area contributed by atoms with Crippen LogP contribution in [0.3, 0.4) is 0 Å². The molecule has 0 unspecified atom stereocenters. The van der Waals surface area contributed by atoms with Gasteiger partial charge < -0.3 is 14.8 Å². The highest BCUT2D eigenvalue weighted by atomic mass is 16.5. The Kier molecular flexibility index (Phi) is 6.85. The molecule has 0 spiro atoms. The second kappa shape index (κ2) is 9.94. The van der Waals surface area contributed by atoms with Crippen LogP contribution in [-0.4, -0.2) is 36.9 Å². The summed E-state index contributed by atoms with van der Waals surface area (Å²) in [6, 6.07) is 17.2. The Morgan fingerprint density at radius 3 is 2.63 bits per heavy atom. The molecule has 0 aliphatic rings. The number of carbonyl (C=O) groups excluding carboxylic acids is 1. The fraction of sp³-hybridized carbons (Fsp3) is 0.174. The lowest BCUT2D eigenvalue weighted by Crippen LogP contribution is -2.26. The first kappa shape index (κ1) is 20.7. The van der Waals surface area contributed by atoms with Gasteiger partial charge in [0.2, 0.25) is 0 Å². The first-order chi connectivity index (χ1) is 14.7. The maximum atomic E-state index is 12.5. The standard InChI is InChI=1S/C23H22N4O3/c1-29-20-9-8-16(12-21(20)30-2)10-11-25-23(28)18(14-24)13-19-15-26-27-22(19)17-6-4-3-5-7-17/h3-9,12-13,15H,10-11H2,1-2H3,(H,25,28)(H,26,27)/b18-13+. The van der Waals surface area contributed by atoms with Gasteiger partial charge in [-0.25, -0.2) is 0 Å². The highest BCUT2D eigenvalue weighted by molar-refractivity contribution is 6.02. The van der Waals surface area contributed by atoms with Crippen LogP contribution >= 0.6 is 0 Å². The minimum Gasteiger partial charge on any atom is -0.493 e. The topological polar surface area (TPSA) is 100 Å². The van der Waals surface area contributed by atoms with E-state index in [2.05, 4.69) is 15.5 Å². The lowest BCUT2D eigenvalue weighted by Gasteiger charge is -2.10. The number of aromatic amines is 1. The maximum absolute atomic E-state index is 12.5. The van der Waals surface area contributed by atoms with E-state index in [0.29, 0.717) is 30.0 Å². The maximum Gasteiger partial charge on any atom is 0.261 e. The van der Waals surface area contributed by atoms with Crippen molar-refractivity contribution in [2.45, 2.75) is 6.42 Å². The number of rotatable bonds is 8. The van der Waals surface area contributed by atoms with Gasteiger partial charge in [-0.1, -0.05) is 36.4 Å². The monoisotopic (exact) mass is 402 g/mol. The molecular weight excluding hydrogens is 380 g/mol. The number of nitriles is 1. The molecule has 1 aromatic heterocycles. The van der Waals surface area contributed by atoms with Crippen LogP contribution in [0.4, 0.5) is 0 Å². The Bertz CT molecular complexity index is 1080. The molecule has 30 heavy (non-hydrogen) atoms. The third kappa shape index (κ3) is 4.86. The predicted octanol–water partition coefficient (Wildman–Crippen LogP) is 3.36. The van der Waals surface area contributed by atoms with Crippen molar-refractivity contribution >= 4 is 12.0 Å². The van der Waals surface area contributed by atoms with Crippen LogP contribution in [0.2, 0.25) is 0 Å². The second-order valence-electron chi connectivity index (χ2n) is 6.43. The molecule has 3 rings (SSSR count). The minimum absolute atomic E-state index is 0.0147. The first-order valence-electron chi connectivity index (χ1n) is 9.36. The molecule has 2 N–H and O–H groups in total. The molecule has 2 aromatic carbocycles. The molecule has 0 atom stereocenters. The van der Waals surface area contributed by atoms with Gasteiger partial charge in [0.25, 0.3) is 5.91 Å². The van der Waals surface area contributed by atoms with Crippen molar-refractivity contribution in [3.63, 3.8) is 0 Å². The van der Waals surface area contributed by atoms with Gasteiger partial charge in [0.15, 0.2) is 11.5 Å². The van der Waals surface area contributed by atoms with Gasteiger partial charge >= 0.3 is 0 Å². The van der Waals surface area contributed by atoms with E-state index in [4.69, 9.17) is 9.47 Å². The van der Waals surface area contributed by atoms with Gasteiger partial charge in [-0.3, -0.25) is 9.89 Å². The largest absolute Gasteiger partial charge is 0.493 e. The van der Waals surface area contributed by atoms with Crippen LogP contribution in [0.15, 0.2) is 60.3 Å². The fourth-order valence-electron chi connectivity index (χ4n) is 3.00. The number of nitrogens with one attached hydrogen (secondary N) is 2. The van der Waals surface area contributed by atoms with Gasteiger partial charge in [0.1, 0.15) is 11.6 Å². The van der Waals surface area contributed by atoms with Crippen molar-refractivity contribution in [3.05, 3.63) is 71.4 Å². The van der Waals surface area contributed by atoms with Gasteiger partial charge in [-0.15, -0.1) is 0 Å². The number of amides is 1. The fourth-order valence-corrected chi connectivity index (χ4v) is 3.00.